The minimum atomic E-state index is -0.530. The van der Waals surface area contributed by atoms with E-state index in [1.54, 1.807) is 23.9 Å². The van der Waals surface area contributed by atoms with Crippen molar-refractivity contribution in [1.82, 2.24) is 10.5 Å². The smallest absolute Gasteiger partial charge is 0.267 e. The van der Waals surface area contributed by atoms with Crippen molar-refractivity contribution < 1.29 is 10.0 Å². The highest BCUT2D eigenvalue weighted by atomic mass is 16.5. The molecule has 1 aliphatic carbocycles. The van der Waals surface area contributed by atoms with Crippen LogP contribution in [0.15, 0.2) is 84.9 Å². The normalized spacial score (nSPS) is 20.0. The second-order valence-corrected chi connectivity index (χ2v) is 5.72. The minimum Gasteiger partial charge on any atom is -0.288 e. The molecule has 122 valence electrons. The fourth-order valence-electron chi connectivity index (χ4n) is 2.28. The van der Waals surface area contributed by atoms with Crippen molar-refractivity contribution in [1.29, 1.82) is 0 Å². The van der Waals surface area contributed by atoms with Gasteiger partial charge in [-0.3, -0.25) is 15.0 Å². The van der Waals surface area contributed by atoms with E-state index in [4.69, 9.17) is 5.21 Å². The van der Waals surface area contributed by atoms with Gasteiger partial charge in [0.15, 0.2) is 0 Å². The number of nitrogens with zero attached hydrogens (tertiary/aromatic N) is 1. The van der Waals surface area contributed by atoms with Gasteiger partial charge in [-0.1, -0.05) is 43.9 Å². The number of amides is 1. The van der Waals surface area contributed by atoms with Gasteiger partial charge in [-0.25, -0.2) is 5.48 Å². The molecule has 1 aromatic rings. The highest BCUT2D eigenvalue weighted by molar-refractivity contribution is 5.86. The molecule has 2 N–H and O–H groups in total. The molecule has 0 spiro atoms. The third kappa shape index (κ3) is 4.78. The highest BCUT2D eigenvalue weighted by Gasteiger charge is 2.19. The van der Waals surface area contributed by atoms with Gasteiger partial charge >= 0.3 is 0 Å². The number of hydrogen-bond acceptors (Lipinski definition) is 3. The zero-order valence-electron chi connectivity index (χ0n) is 13.6. The van der Waals surface area contributed by atoms with Crippen LogP contribution in [0.1, 0.15) is 18.9 Å². The van der Waals surface area contributed by atoms with E-state index in [1.807, 2.05) is 43.4 Å². The van der Waals surface area contributed by atoms with Crippen molar-refractivity contribution in [2.45, 2.75) is 13.3 Å². The fraction of sp³-hybridized carbons (Fsp3) is 0.150. The number of nitrogens with one attached hydrogen (secondary N) is 1. The molecule has 1 heterocycles. The van der Waals surface area contributed by atoms with Crippen LogP contribution in [0, 0.1) is 5.41 Å². The Labute approximate surface area is 141 Å². The summed E-state index contributed by atoms with van der Waals surface area (Å²) in [5.41, 5.74) is 7.27. The number of hydrogen-bond donors (Lipinski definition) is 2. The highest BCUT2D eigenvalue weighted by Crippen LogP contribution is 2.31. The van der Waals surface area contributed by atoms with Crippen molar-refractivity contribution in [3.05, 3.63) is 90.5 Å². The summed E-state index contributed by atoms with van der Waals surface area (Å²) < 4.78 is 0. The lowest BCUT2D eigenvalue weighted by Gasteiger charge is -2.23. The summed E-state index contributed by atoms with van der Waals surface area (Å²) >= 11 is 0. The molecule has 1 amide bonds. The largest absolute Gasteiger partial charge is 0.288 e. The van der Waals surface area contributed by atoms with Crippen LogP contribution >= 0.6 is 0 Å². The van der Waals surface area contributed by atoms with Gasteiger partial charge in [-0.05, 0) is 35.8 Å². The molecule has 1 atom stereocenters. The topological polar surface area (TPSA) is 62.2 Å². The molecule has 0 aromatic carbocycles. The Morgan fingerprint density at radius 3 is 2.75 bits per heavy atom. The lowest BCUT2D eigenvalue weighted by molar-refractivity contribution is -0.124. The molecule has 0 fully saturated rings. The van der Waals surface area contributed by atoms with Crippen molar-refractivity contribution >= 4 is 11.5 Å². The number of hydroxylamine groups is 1. The maximum absolute atomic E-state index is 11.1. The first-order chi connectivity index (χ1) is 11.6. The predicted molar refractivity (Wildman–Crippen MR) is 94.9 cm³/mol. The molecule has 2 rings (SSSR count). The Kier molecular flexibility index (Phi) is 5.85. The minimum absolute atomic E-state index is 0.244. The van der Waals surface area contributed by atoms with E-state index < -0.39 is 5.91 Å². The number of carbonyl (C=O) groups is 1. The van der Waals surface area contributed by atoms with Crippen LogP contribution in [0.25, 0.3) is 5.57 Å². The fourth-order valence-corrected chi connectivity index (χ4v) is 2.28. The Balaban J connectivity index is 2.06. The summed E-state index contributed by atoms with van der Waals surface area (Å²) in [6.45, 7) is 5.76. The van der Waals surface area contributed by atoms with Crippen LogP contribution < -0.4 is 5.48 Å². The Hall–Kier alpha value is -2.94. The van der Waals surface area contributed by atoms with Gasteiger partial charge in [0.05, 0.1) is 0 Å². The maximum Gasteiger partial charge on any atom is 0.267 e. The standard InChI is InChI=1S/C20H20N2O2/c1-3-17(18-9-14-21-15-10-18)5-4-16-6-11-20(2,12-7-16)13-8-19(23)22-24/h4-11,13-15,24H,1,12H2,2H3,(H,22,23)/b5-4+,13-8+. The zero-order chi connectivity index (χ0) is 17.4. The lowest BCUT2D eigenvalue weighted by atomic mass is 9.81. The molecule has 4 nitrogen and oxygen atoms in total. The molecule has 0 saturated carbocycles. The van der Waals surface area contributed by atoms with Gasteiger partial charge in [0, 0.05) is 29.5 Å². The van der Waals surface area contributed by atoms with Gasteiger partial charge in [-0.15, -0.1) is 5.73 Å². The Morgan fingerprint density at radius 2 is 2.17 bits per heavy atom. The number of allylic oxidation sites excluding steroid dienone is 8. The molecule has 4 heteroatoms. The average molecular weight is 320 g/mol. The third-order valence-electron chi connectivity index (χ3n) is 3.78. The first kappa shape index (κ1) is 17.4. The number of aromatic nitrogens is 1. The van der Waals surface area contributed by atoms with Crippen LogP contribution in [0.4, 0.5) is 0 Å². The molecule has 1 aromatic heterocycles. The quantitative estimate of drug-likeness (QED) is 0.285. The predicted octanol–water partition coefficient (Wildman–Crippen LogP) is 3.76. The molecule has 0 bridgehead atoms. The maximum atomic E-state index is 11.1. The average Bonchev–Trinajstić information content (AvgIpc) is 2.63. The SMILES string of the molecule is C=C=C(/C=C/C1=CCC(C)(/C=C/C(=O)NO)C=C1)c1ccncc1. The van der Waals surface area contributed by atoms with Crippen LogP contribution in [0.5, 0.6) is 0 Å². The van der Waals surface area contributed by atoms with E-state index in [2.05, 4.69) is 23.4 Å². The molecule has 0 aliphatic heterocycles. The first-order valence-corrected chi connectivity index (χ1v) is 7.57. The van der Waals surface area contributed by atoms with Gasteiger partial charge in [0.1, 0.15) is 0 Å². The van der Waals surface area contributed by atoms with E-state index >= 15 is 0 Å². The molecular weight excluding hydrogens is 300 g/mol. The van der Waals surface area contributed by atoms with Gasteiger partial charge in [0.25, 0.3) is 5.91 Å². The second-order valence-electron chi connectivity index (χ2n) is 5.72. The van der Waals surface area contributed by atoms with Gasteiger partial charge in [0.2, 0.25) is 0 Å². The van der Waals surface area contributed by atoms with Crippen molar-refractivity contribution in [2.75, 3.05) is 0 Å². The van der Waals surface area contributed by atoms with Crippen molar-refractivity contribution in [3.63, 3.8) is 0 Å². The van der Waals surface area contributed by atoms with Crippen molar-refractivity contribution in [2.24, 2.45) is 5.41 Å². The molecule has 0 saturated heterocycles. The van der Waals surface area contributed by atoms with E-state index in [0.717, 1.165) is 23.1 Å². The van der Waals surface area contributed by atoms with Gasteiger partial charge in [-0.2, -0.15) is 0 Å². The van der Waals surface area contributed by atoms with Gasteiger partial charge < -0.3 is 0 Å². The summed E-state index contributed by atoms with van der Waals surface area (Å²) in [6.07, 6.45) is 17.5. The van der Waals surface area contributed by atoms with Crippen LogP contribution in [-0.4, -0.2) is 16.1 Å². The molecule has 24 heavy (non-hydrogen) atoms. The molecular formula is C20H20N2O2. The summed E-state index contributed by atoms with van der Waals surface area (Å²) in [6, 6.07) is 3.83. The lowest BCUT2D eigenvalue weighted by Crippen LogP contribution is -2.17. The summed E-state index contributed by atoms with van der Waals surface area (Å²) in [5, 5.41) is 8.52. The molecule has 0 radical (unpaired) electrons. The third-order valence-corrected chi connectivity index (χ3v) is 3.78. The number of pyridine rings is 1. The second kappa shape index (κ2) is 8.06. The van der Waals surface area contributed by atoms with E-state index in [0.29, 0.717) is 0 Å². The Morgan fingerprint density at radius 1 is 1.42 bits per heavy atom. The van der Waals surface area contributed by atoms with Crippen LogP contribution in [-0.2, 0) is 4.79 Å². The van der Waals surface area contributed by atoms with Crippen LogP contribution in [0.3, 0.4) is 0 Å². The van der Waals surface area contributed by atoms with Crippen LogP contribution in [0.2, 0.25) is 0 Å². The van der Waals surface area contributed by atoms with Crippen molar-refractivity contribution in [3.8, 4) is 0 Å². The molecule has 1 aliphatic rings. The summed E-state index contributed by atoms with van der Waals surface area (Å²) in [4.78, 5) is 15.1. The molecule has 1 unspecified atom stereocenters. The zero-order valence-corrected chi connectivity index (χ0v) is 13.6. The summed E-state index contributed by atoms with van der Waals surface area (Å²) in [7, 11) is 0. The first-order valence-electron chi connectivity index (χ1n) is 7.57. The monoisotopic (exact) mass is 320 g/mol. The number of carbonyl (C=O) groups excluding carboxylic acids is 1. The number of rotatable bonds is 5. The van der Waals surface area contributed by atoms with E-state index in [9.17, 15) is 4.79 Å². The van der Waals surface area contributed by atoms with E-state index in [1.165, 1.54) is 6.08 Å². The summed E-state index contributed by atoms with van der Waals surface area (Å²) in [5.74, 6) is -0.530. The van der Waals surface area contributed by atoms with E-state index in [-0.39, 0.29) is 5.41 Å². The Bertz CT molecular complexity index is 766.